The number of benzene rings is 1. The van der Waals surface area contributed by atoms with E-state index in [2.05, 4.69) is 26.2 Å². The average Bonchev–Trinajstić information content (AvgIpc) is 2.32. The SMILES string of the molecule is Nc1cc([N+](=O)[O-])cc(Nc2ccc(Cl)cc2Br)n1. The second-order valence-corrected chi connectivity index (χ2v) is 4.93. The molecule has 19 heavy (non-hydrogen) atoms. The van der Waals surface area contributed by atoms with Crippen LogP contribution in [0.1, 0.15) is 0 Å². The van der Waals surface area contributed by atoms with Gasteiger partial charge in [0.25, 0.3) is 5.69 Å². The molecule has 0 aliphatic carbocycles. The molecule has 0 fully saturated rings. The van der Waals surface area contributed by atoms with Gasteiger partial charge in [0.05, 0.1) is 22.7 Å². The first-order valence-electron chi connectivity index (χ1n) is 5.10. The van der Waals surface area contributed by atoms with Gasteiger partial charge in [0.15, 0.2) is 0 Å². The van der Waals surface area contributed by atoms with Crippen LogP contribution in [0.2, 0.25) is 5.02 Å². The van der Waals surface area contributed by atoms with E-state index in [1.165, 1.54) is 12.1 Å². The number of anilines is 3. The zero-order valence-electron chi connectivity index (χ0n) is 9.43. The predicted molar refractivity (Wildman–Crippen MR) is 77.7 cm³/mol. The smallest absolute Gasteiger partial charge is 0.276 e. The van der Waals surface area contributed by atoms with Crippen LogP contribution in [0.3, 0.4) is 0 Å². The predicted octanol–water partition coefficient (Wildman–Crippen LogP) is 3.73. The van der Waals surface area contributed by atoms with Gasteiger partial charge in [0, 0.05) is 9.50 Å². The fourth-order valence-electron chi connectivity index (χ4n) is 1.44. The summed E-state index contributed by atoms with van der Waals surface area (Å²) in [6.45, 7) is 0. The van der Waals surface area contributed by atoms with E-state index in [0.717, 1.165) is 0 Å². The molecular formula is C11H8BrClN4O2. The summed E-state index contributed by atoms with van der Waals surface area (Å²) < 4.78 is 0.715. The normalized spacial score (nSPS) is 10.2. The monoisotopic (exact) mass is 342 g/mol. The number of nitrogens with two attached hydrogens (primary N) is 1. The van der Waals surface area contributed by atoms with Crippen molar-refractivity contribution in [1.29, 1.82) is 0 Å². The molecule has 0 radical (unpaired) electrons. The van der Waals surface area contributed by atoms with Gasteiger partial charge in [-0.05, 0) is 34.1 Å². The molecule has 98 valence electrons. The first-order chi connectivity index (χ1) is 8.95. The third-order valence-electron chi connectivity index (χ3n) is 2.23. The Balaban J connectivity index is 2.35. The summed E-state index contributed by atoms with van der Waals surface area (Å²) >= 11 is 9.16. The summed E-state index contributed by atoms with van der Waals surface area (Å²) in [4.78, 5) is 14.2. The quantitative estimate of drug-likeness (QED) is 0.654. The summed E-state index contributed by atoms with van der Waals surface area (Å²) in [5.74, 6) is 0.358. The number of rotatable bonds is 3. The number of hydrogen-bond donors (Lipinski definition) is 2. The molecule has 1 aromatic carbocycles. The fourth-order valence-corrected chi connectivity index (χ4v) is 2.22. The van der Waals surface area contributed by atoms with Gasteiger partial charge in [-0.2, -0.15) is 0 Å². The van der Waals surface area contributed by atoms with Crippen molar-refractivity contribution in [2.24, 2.45) is 0 Å². The molecule has 1 heterocycles. The van der Waals surface area contributed by atoms with Crippen LogP contribution in [0.5, 0.6) is 0 Å². The largest absolute Gasteiger partial charge is 0.383 e. The molecule has 0 aliphatic heterocycles. The van der Waals surface area contributed by atoms with Gasteiger partial charge in [-0.25, -0.2) is 4.98 Å². The van der Waals surface area contributed by atoms with E-state index >= 15 is 0 Å². The van der Waals surface area contributed by atoms with E-state index < -0.39 is 4.92 Å². The van der Waals surface area contributed by atoms with Crippen molar-refractivity contribution in [1.82, 2.24) is 4.98 Å². The maximum absolute atomic E-state index is 10.7. The number of nitrogens with one attached hydrogen (secondary N) is 1. The van der Waals surface area contributed by atoms with Gasteiger partial charge in [-0.3, -0.25) is 10.1 Å². The van der Waals surface area contributed by atoms with Crippen LogP contribution < -0.4 is 11.1 Å². The minimum Gasteiger partial charge on any atom is -0.383 e. The van der Waals surface area contributed by atoms with Crippen molar-refractivity contribution in [3.05, 3.63) is 49.9 Å². The molecule has 6 nitrogen and oxygen atoms in total. The topological polar surface area (TPSA) is 94.1 Å². The Bertz CT molecular complexity index is 651. The third kappa shape index (κ3) is 3.33. The Hall–Kier alpha value is -1.86. The Morgan fingerprint density at radius 1 is 1.37 bits per heavy atom. The molecule has 8 heteroatoms. The van der Waals surface area contributed by atoms with Crippen LogP contribution in [0.4, 0.5) is 23.0 Å². The second-order valence-electron chi connectivity index (χ2n) is 3.64. The second kappa shape index (κ2) is 5.41. The van der Waals surface area contributed by atoms with Gasteiger partial charge in [-0.15, -0.1) is 0 Å². The van der Waals surface area contributed by atoms with Crippen molar-refractivity contribution >= 4 is 50.5 Å². The van der Waals surface area contributed by atoms with E-state index in [9.17, 15) is 10.1 Å². The molecule has 0 atom stereocenters. The number of hydrogen-bond acceptors (Lipinski definition) is 5. The van der Waals surface area contributed by atoms with Crippen LogP contribution >= 0.6 is 27.5 Å². The van der Waals surface area contributed by atoms with Crippen molar-refractivity contribution in [2.75, 3.05) is 11.1 Å². The van der Waals surface area contributed by atoms with E-state index in [-0.39, 0.29) is 17.3 Å². The first kappa shape index (κ1) is 13.6. The Labute approximate surface area is 121 Å². The molecule has 2 rings (SSSR count). The maximum Gasteiger partial charge on any atom is 0.276 e. The highest BCUT2D eigenvalue weighted by molar-refractivity contribution is 9.10. The highest BCUT2D eigenvalue weighted by Gasteiger charge is 2.11. The molecule has 1 aromatic heterocycles. The molecule has 2 aromatic rings. The van der Waals surface area contributed by atoms with Crippen molar-refractivity contribution in [3.63, 3.8) is 0 Å². The van der Waals surface area contributed by atoms with Gasteiger partial charge in [0.2, 0.25) is 0 Å². The number of pyridine rings is 1. The number of halogens is 2. The molecule has 0 saturated heterocycles. The van der Waals surface area contributed by atoms with Crippen LogP contribution in [0.25, 0.3) is 0 Å². The van der Waals surface area contributed by atoms with Crippen LogP contribution in [-0.2, 0) is 0 Å². The molecule has 0 aliphatic rings. The Kier molecular flexibility index (Phi) is 3.87. The molecular weight excluding hydrogens is 336 g/mol. The average molecular weight is 344 g/mol. The van der Waals surface area contributed by atoms with Gasteiger partial charge < -0.3 is 11.1 Å². The Morgan fingerprint density at radius 2 is 2.11 bits per heavy atom. The van der Waals surface area contributed by atoms with E-state index in [0.29, 0.717) is 15.2 Å². The summed E-state index contributed by atoms with van der Waals surface area (Å²) in [6, 6.07) is 7.61. The summed E-state index contributed by atoms with van der Waals surface area (Å²) in [5.41, 5.74) is 6.08. The van der Waals surface area contributed by atoms with E-state index in [4.69, 9.17) is 17.3 Å². The number of aromatic nitrogens is 1. The van der Waals surface area contributed by atoms with Crippen molar-refractivity contribution < 1.29 is 4.92 Å². The maximum atomic E-state index is 10.7. The first-order valence-corrected chi connectivity index (χ1v) is 6.27. The van der Waals surface area contributed by atoms with Crippen LogP contribution in [-0.4, -0.2) is 9.91 Å². The number of nitrogens with zero attached hydrogens (tertiary/aromatic N) is 2. The van der Waals surface area contributed by atoms with Crippen LogP contribution in [0.15, 0.2) is 34.8 Å². The van der Waals surface area contributed by atoms with E-state index in [1.807, 2.05) is 0 Å². The molecule has 0 unspecified atom stereocenters. The van der Waals surface area contributed by atoms with Gasteiger partial charge in [-0.1, -0.05) is 11.6 Å². The summed E-state index contributed by atoms with van der Waals surface area (Å²) in [7, 11) is 0. The lowest BCUT2D eigenvalue weighted by Crippen LogP contribution is -2.00. The highest BCUT2D eigenvalue weighted by Crippen LogP contribution is 2.29. The summed E-state index contributed by atoms with van der Waals surface area (Å²) in [6.07, 6.45) is 0. The fraction of sp³-hybridized carbons (Fsp3) is 0. The lowest BCUT2D eigenvalue weighted by Gasteiger charge is -2.08. The molecule has 0 saturated carbocycles. The summed E-state index contributed by atoms with van der Waals surface area (Å²) in [5, 5.41) is 14.2. The van der Waals surface area contributed by atoms with Crippen molar-refractivity contribution in [2.45, 2.75) is 0 Å². The standard InChI is InChI=1S/C11H8BrClN4O2/c12-8-3-6(13)1-2-9(8)15-11-5-7(17(18)19)4-10(14)16-11/h1-5H,(H3,14,15,16). The van der Waals surface area contributed by atoms with E-state index in [1.54, 1.807) is 18.2 Å². The van der Waals surface area contributed by atoms with Crippen LogP contribution in [0, 0.1) is 10.1 Å². The number of nitro groups is 1. The lowest BCUT2D eigenvalue weighted by atomic mass is 10.3. The minimum atomic E-state index is -0.528. The zero-order valence-corrected chi connectivity index (χ0v) is 11.8. The minimum absolute atomic E-state index is 0.0711. The molecule has 3 N–H and O–H groups in total. The lowest BCUT2D eigenvalue weighted by molar-refractivity contribution is -0.384. The Morgan fingerprint density at radius 3 is 2.74 bits per heavy atom. The molecule has 0 bridgehead atoms. The molecule has 0 spiro atoms. The number of nitrogen functional groups attached to an aromatic ring is 1. The van der Waals surface area contributed by atoms with Gasteiger partial charge >= 0.3 is 0 Å². The van der Waals surface area contributed by atoms with Crippen molar-refractivity contribution in [3.8, 4) is 0 Å². The molecule has 0 amide bonds. The third-order valence-corrected chi connectivity index (χ3v) is 3.13. The van der Waals surface area contributed by atoms with Gasteiger partial charge in [0.1, 0.15) is 11.6 Å². The zero-order chi connectivity index (χ0) is 14.0. The highest BCUT2D eigenvalue weighted by atomic mass is 79.9.